The largest absolute Gasteiger partial charge is 0.493 e. The molecule has 2 aromatic carbocycles. The first-order chi connectivity index (χ1) is 12.3. The SMILES string of the molecule is COc1ccc2c(c1OC)CN(C1CCN(Cc3ccccc3)C1)C2. The molecule has 0 radical (unpaired) electrons. The minimum atomic E-state index is 0.617. The Bertz CT molecular complexity index is 732. The van der Waals surface area contributed by atoms with Gasteiger partial charge in [0.1, 0.15) is 0 Å². The minimum absolute atomic E-state index is 0.617. The molecule has 2 heterocycles. The second kappa shape index (κ2) is 7.06. The fourth-order valence-corrected chi connectivity index (χ4v) is 4.18. The molecular formula is C21H26N2O2. The van der Waals surface area contributed by atoms with Crippen LogP contribution < -0.4 is 9.47 Å². The predicted octanol–water partition coefficient (Wildman–Crippen LogP) is 3.29. The van der Waals surface area contributed by atoms with Gasteiger partial charge in [0.2, 0.25) is 0 Å². The van der Waals surface area contributed by atoms with Crippen LogP contribution in [0, 0.1) is 0 Å². The summed E-state index contributed by atoms with van der Waals surface area (Å²) in [6.07, 6.45) is 1.24. The van der Waals surface area contributed by atoms with E-state index in [1.54, 1.807) is 14.2 Å². The van der Waals surface area contributed by atoms with E-state index in [2.05, 4.69) is 46.2 Å². The number of hydrogen-bond donors (Lipinski definition) is 0. The number of rotatable bonds is 5. The average molecular weight is 338 g/mol. The molecule has 1 saturated heterocycles. The molecule has 4 nitrogen and oxygen atoms in total. The van der Waals surface area contributed by atoms with Crippen LogP contribution in [0.2, 0.25) is 0 Å². The van der Waals surface area contributed by atoms with Crippen molar-refractivity contribution in [1.29, 1.82) is 0 Å². The third kappa shape index (κ3) is 3.24. The number of likely N-dealkylation sites (tertiary alicyclic amines) is 1. The Hall–Kier alpha value is -2.04. The van der Waals surface area contributed by atoms with Gasteiger partial charge in [-0.3, -0.25) is 9.80 Å². The first-order valence-corrected chi connectivity index (χ1v) is 9.01. The number of nitrogens with zero attached hydrogens (tertiary/aromatic N) is 2. The van der Waals surface area contributed by atoms with Crippen molar-refractivity contribution in [3.05, 3.63) is 59.2 Å². The number of fused-ring (bicyclic) bond motifs is 1. The molecule has 2 aromatic rings. The summed E-state index contributed by atoms with van der Waals surface area (Å²) >= 11 is 0. The van der Waals surface area contributed by atoms with Gasteiger partial charge in [-0.15, -0.1) is 0 Å². The van der Waals surface area contributed by atoms with Crippen LogP contribution in [0.5, 0.6) is 11.5 Å². The van der Waals surface area contributed by atoms with Gasteiger partial charge >= 0.3 is 0 Å². The number of hydrogen-bond acceptors (Lipinski definition) is 4. The van der Waals surface area contributed by atoms with E-state index in [1.807, 2.05) is 6.07 Å². The molecule has 25 heavy (non-hydrogen) atoms. The molecule has 0 saturated carbocycles. The Morgan fingerprint density at radius 1 is 1.00 bits per heavy atom. The molecule has 1 atom stereocenters. The van der Waals surface area contributed by atoms with Crippen molar-refractivity contribution in [2.24, 2.45) is 0 Å². The summed E-state index contributed by atoms with van der Waals surface area (Å²) in [6, 6.07) is 15.6. The van der Waals surface area contributed by atoms with Crippen LogP contribution in [0.25, 0.3) is 0 Å². The summed E-state index contributed by atoms with van der Waals surface area (Å²) in [6.45, 7) is 5.34. The van der Waals surface area contributed by atoms with Gasteiger partial charge in [0.05, 0.1) is 14.2 Å². The molecule has 4 rings (SSSR count). The van der Waals surface area contributed by atoms with Crippen LogP contribution >= 0.6 is 0 Å². The van der Waals surface area contributed by atoms with Gasteiger partial charge in [-0.05, 0) is 23.6 Å². The normalized spacial score (nSPS) is 20.6. The molecule has 132 valence electrons. The van der Waals surface area contributed by atoms with E-state index in [1.165, 1.54) is 29.7 Å². The van der Waals surface area contributed by atoms with E-state index in [-0.39, 0.29) is 0 Å². The topological polar surface area (TPSA) is 24.9 Å². The third-order valence-corrected chi connectivity index (χ3v) is 5.49. The van der Waals surface area contributed by atoms with Crippen molar-refractivity contribution in [3.63, 3.8) is 0 Å². The van der Waals surface area contributed by atoms with Gasteiger partial charge < -0.3 is 9.47 Å². The summed E-state index contributed by atoms with van der Waals surface area (Å²) in [5.74, 6) is 1.74. The Morgan fingerprint density at radius 2 is 1.84 bits per heavy atom. The van der Waals surface area contributed by atoms with E-state index in [0.29, 0.717) is 6.04 Å². The van der Waals surface area contributed by atoms with Crippen molar-refractivity contribution in [1.82, 2.24) is 9.80 Å². The molecule has 0 aromatic heterocycles. The van der Waals surface area contributed by atoms with Gasteiger partial charge in [-0.25, -0.2) is 0 Å². The molecule has 2 aliphatic heterocycles. The highest BCUT2D eigenvalue weighted by atomic mass is 16.5. The molecule has 0 amide bonds. The maximum Gasteiger partial charge on any atom is 0.165 e. The summed E-state index contributed by atoms with van der Waals surface area (Å²) in [5.41, 5.74) is 4.07. The molecule has 0 N–H and O–H groups in total. The standard InChI is InChI=1S/C21H26N2O2/c1-24-20-9-8-17-13-23(15-19(17)21(20)25-2)18-10-11-22(14-18)12-16-6-4-3-5-7-16/h3-9,18H,10-15H2,1-2H3. The predicted molar refractivity (Wildman–Crippen MR) is 98.9 cm³/mol. The molecule has 0 aliphatic carbocycles. The molecule has 2 aliphatic rings. The lowest BCUT2D eigenvalue weighted by Gasteiger charge is -2.24. The van der Waals surface area contributed by atoms with Crippen molar-refractivity contribution in [2.75, 3.05) is 27.3 Å². The molecule has 0 bridgehead atoms. The van der Waals surface area contributed by atoms with Crippen LogP contribution in [0.4, 0.5) is 0 Å². The highest BCUT2D eigenvalue weighted by Crippen LogP contribution is 2.39. The van der Waals surface area contributed by atoms with Crippen LogP contribution in [-0.4, -0.2) is 43.2 Å². The van der Waals surface area contributed by atoms with E-state index in [4.69, 9.17) is 9.47 Å². The smallest absolute Gasteiger partial charge is 0.165 e. The van der Waals surface area contributed by atoms with Crippen molar-refractivity contribution in [3.8, 4) is 11.5 Å². The number of benzene rings is 2. The van der Waals surface area contributed by atoms with Gasteiger partial charge in [-0.1, -0.05) is 36.4 Å². The Kier molecular flexibility index (Phi) is 4.64. The molecule has 1 unspecified atom stereocenters. The fraction of sp³-hybridized carbons (Fsp3) is 0.429. The van der Waals surface area contributed by atoms with Crippen LogP contribution in [0.3, 0.4) is 0 Å². The number of methoxy groups -OCH3 is 2. The summed E-state index contributed by atoms with van der Waals surface area (Å²) in [5, 5.41) is 0. The second-order valence-corrected chi connectivity index (χ2v) is 7.01. The van der Waals surface area contributed by atoms with Crippen molar-refractivity contribution < 1.29 is 9.47 Å². The van der Waals surface area contributed by atoms with E-state index >= 15 is 0 Å². The first kappa shape index (κ1) is 16.4. The average Bonchev–Trinajstić information content (AvgIpc) is 3.28. The first-order valence-electron chi connectivity index (χ1n) is 9.01. The highest BCUT2D eigenvalue weighted by molar-refractivity contribution is 5.52. The molecular weight excluding hydrogens is 312 g/mol. The van der Waals surface area contributed by atoms with Gasteiger partial charge in [0.15, 0.2) is 11.5 Å². The highest BCUT2D eigenvalue weighted by Gasteiger charge is 2.33. The van der Waals surface area contributed by atoms with E-state index in [9.17, 15) is 0 Å². The molecule has 1 fully saturated rings. The van der Waals surface area contributed by atoms with E-state index < -0.39 is 0 Å². The zero-order valence-electron chi connectivity index (χ0n) is 15.1. The fourth-order valence-electron chi connectivity index (χ4n) is 4.18. The molecule has 4 heteroatoms. The number of ether oxygens (including phenoxy) is 2. The van der Waals surface area contributed by atoms with Crippen molar-refractivity contribution in [2.45, 2.75) is 32.1 Å². The zero-order chi connectivity index (χ0) is 17.2. The summed E-state index contributed by atoms with van der Waals surface area (Å²) < 4.78 is 11.1. The van der Waals surface area contributed by atoms with Gasteiger partial charge in [-0.2, -0.15) is 0 Å². The lowest BCUT2D eigenvalue weighted by atomic mass is 10.1. The van der Waals surface area contributed by atoms with Crippen LogP contribution in [0.1, 0.15) is 23.1 Å². The lowest BCUT2D eigenvalue weighted by Crippen LogP contribution is -2.33. The Morgan fingerprint density at radius 3 is 2.60 bits per heavy atom. The monoisotopic (exact) mass is 338 g/mol. The van der Waals surface area contributed by atoms with Gasteiger partial charge in [0.25, 0.3) is 0 Å². The maximum atomic E-state index is 5.63. The molecule has 0 spiro atoms. The van der Waals surface area contributed by atoms with Crippen LogP contribution in [0.15, 0.2) is 42.5 Å². The minimum Gasteiger partial charge on any atom is -0.493 e. The summed E-state index contributed by atoms with van der Waals surface area (Å²) in [4.78, 5) is 5.17. The second-order valence-electron chi connectivity index (χ2n) is 7.01. The third-order valence-electron chi connectivity index (χ3n) is 5.49. The zero-order valence-corrected chi connectivity index (χ0v) is 15.1. The van der Waals surface area contributed by atoms with Gasteiger partial charge in [0, 0.05) is 44.3 Å². The Labute approximate surface area is 150 Å². The maximum absolute atomic E-state index is 5.63. The quantitative estimate of drug-likeness (QED) is 0.835. The summed E-state index contributed by atoms with van der Waals surface area (Å²) in [7, 11) is 3.44. The van der Waals surface area contributed by atoms with Crippen LogP contribution in [-0.2, 0) is 19.6 Å². The van der Waals surface area contributed by atoms with E-state index in [0.717, 1.165) is 37.7 Å². The lowest BCUT2D eigenvalue weighted by molar-refractivity contribution is 0.192. The Balaban J connectivity index is 1.42. The van der Waals surface area contributed by atoms with Crippen molar-refractivity contribution >= 4 is 0 Å².